The largest absolute Gasteiger partial charge is 0.478 e. The van der Waals surface area contributed by atoms with Gasteiger partial charge in [0.15, 0.2) is 0 Å². The highest BCUT2D eigenvalue weighted by molar-refractivity contribution is 6.34. The number of aryl methyl sites for hydroxylation is 1. The number of alkyl halides is 63. The summed E-state index contributed by atoms with van der Waals surface area (Å²) in [6.07, 6.45) is -50.5. The van der Waals surface area contributed by atoms with E-state index in [-0.39, 0.29) is 0 Å². The minimum absolute atomic E-state index is 1.37. The Kier molecular flexibility index (Phi) is 24.7. The highest BCUT2D eigenvalue weighted by Crippen LogP contribution is 2.71. The van der Waals surface area contributed by atoms with Crippen LogP contribution in [0.25, 0.3) is 0 Å². The summed E-state index contributed by atoms with van der Waals surface area (Å²) in [4.78, 5) is 12.2. The van der Waals surface area contributed by atoms with Crippen LogP contribution in [0.2, 0.25) is 0 Å². The van der Waals surface area contributed by atoms with Gasteiger partial charge in [-0.2, -0.15) is 277 Å². The maximum Gasteiger partial charge on any atom is 0.460 e. The molecule has 0 fully saturated rings. The van der Waals surface area contributed by atoms with E-state index in [2.05, 4.69) is 0 Å². The number of carboxylic acids is 1. The van der Waals surface area contributed by atoms with Crippen LogP contribution in [0, 0.1) is 0 Å². The van der Waals surface area contributed by atoms with Gasteiger partial charge in [-0.05, 0) is 42.0 Å². The third kappa shape index (κ3) is 13.3. The molecule has 1 aromatic rings. The summed E-state index contributed by atoms with van der Waals surface area (Å²) in [5.41, 5.74) is -12.5. The molecule has 1 aromatic carbocycles. The molecule has 66 heteroatoms. The molecule has 643 valence electrons. The Hall–Kier alpha value is -5.50. The molecule has 0 saturated carbocycles. The van der Waals surface area contributed by atoms with Crippen molar-refractivity contribution < 1.29 is 286 Å². The Morgan fingerprint density at radius 2 is 0.358 bits per heavy atom. The average Bonchev–Trinajstić information content (AvgIpc) is 0.694. The van der Waals surface area contributed by atoms with Crippen molar-refractivity contribution in [1.82, 2.24) is 0 Å². The molecule has 0 aliphatic heterocycles. The molecule has 0 bridgehead atoms. The molecule has 1 rings (SSSR count). The molecule has 1 N–H and O–H groups in total. The zero-order valence-electron chi connectivity index (χ0n) is 48.0. The van der Waals surface area contributed by atoms with Gasteiger partial charge in [0.05, 0.1) is 15.8 Å². The molecule has 0 saturated heterocycles. The van der Waals surface area contributed by atoms with Gasteiger partial charge in [-0.25, -0.2) is 4.79 Å². The first-order valence-corrected chi connectivity index (χ1v) is 25.3. The fourth-order valence-electron chi connectivity index (χ4n) is 7.89. The Morgan fingerprint density at radius 1 is 0.220 bits per heavy atom. The Morgan fingerprint density at radius 3 is 0.514 bits per heavy atom. The second-order valence-electron chi connectivity index (χ2n) is 21.6. The molecule has 0 aliphatic carbocycles. The predicted molar refractivity (Wildman–Crippen MR) is 215 cm³/mol. The van der Waals surface area contributed by atoms with Crippen molar-refractivity contribution in [2.24, 2.45) is 0 Å². The normalized spacial score (nSPS) is 16.7. The SMILES string of the molecule is O=C(O)c1cc(CCC(F)(F)C(F)(F)C(F)(F)C(F)(F)C(F)(F)C(F)(F)C(F)(F)C(F)(F)C(F)(F)C(F)(F)F)c([Si])c(CCC(F)(F)C(F)(F)C(F)(F)C(F)(F)C(F)(F)C(F)(F)C(F)(F)C(F)(F)C(F)(F)C(F)(F)F)c1CCC(F)(F)C(F)(F)C(F)(F)C(F)(F)C(F)(F)C(F)(F)C(F)(F)C(F)(F)C(F)(F)C(F)(F)F. The molecule has 109 heavy (non-hydrogen) atoms. The van der Waals surface area contributed by atoms with Crippen LogP contribution >= 0.6 is 0 Å². The van der Waals surface area contributed by atoms with E-state index in [1.54, 1.807) is 0 Å². The number of benzene rings is 1. The highest BCUT2D eigenvalue weighted by atomic mass is 28.1. The highest BCUT2D eigenvalue weighted by Gasteiger charge is 3.02. The van der Waals surface area contributed by atoms with Gasteiger partial charge in [0.2, 0.25) is 0 Å². The molecule has 0 spiro atoms. The summed E-state index contributed by atoms with van der Waals surface area (Å²) in [5, 5.41) is 6.69. The maximum atomic E-state index is 15.3. The van der Waals surface area contributed by atoms with Crippen molar-refractivity contribution in [3.8, 4) is 0 Å². The van der Waals surface area contributed by atoms with Gasteiger partial charge in [-0.1, -0.05) is 5.19 Å². The molecule has 0 aliphatic rings. The van der Waals surface area contributed by atoms with Crippen LogP contribution in [0.15, 0.2) is 6.07 Å². The van der Waals surface area contributed by atoms with Gasteiger partial charge in [0.1, 0.15) is 0 Å². The van der Waals surface area contributed by atoms with Crippen molar-refractivity contribution >= 4 is 21.4 Å². The first kappa shape index (κ1) is 102. The fourth-order valence-corrected chi connectivity index (χ4v) is 8.36. The lowest BCUT2D eigenvalue weighted by Gasteiger charge is -2.44. The minimum Gasteiger partial charge on any atom is -0.478 e. The summed E-state index contributed by atoms with van der Waals surface area (Å²) in [6, 6.07) is -1.37. The van der Waals surface area contributed by atoms with Crippen LogP contribution in [0.3, 0.4) is 0 Å². The van der Waals surface area contributed by atoms with Gasteiger partial charge in [0.25, 0.3) is 0 Å². The Bertz CT molecular complexity index is 3440. The van der Waals surface area contributed by atoms with E-state index in [1.807, 2.05) is 0 Å². The summed E-state index contributed by atoms with van der Waals surface area (Å²) in [5.74, 6) is -262. The fraction of sp³-hybridized carbons (Fsp3) is 0.837. The van der Waals surface area contributed by atoms with Gasteiger partial charge in [0, 0.05) is 19.3 Å². The number of rotatable bonds is 34. The third-order valence-electron chi connectivity index (χ3n) is 14.7. The van der Waals surface area contributed by atoms with Crippen molar-refractivity contribution in [3.05, 3.63) is 28.3 Å². The van der Waals surface area contributed by atoms with E-state index < -0.39 is 256 Å². The molecule has 3 radical (unpaired) electrons. The van der Waals surface area contributed by atoms with Crippen LogP contribution < -0.4 is 5.19 Å². The zero-order valence-corrected chi connectivity index (χ0v) is 49.0. The first-order chi connectivity index (χ1) is 46.3. The lowest BCUT2D eigenvalue weighted by molar-refractivity contribution is -0.474. The number of halogens is 63. The van der Waals surface area contributed by atoms with Gasteiger partial charge in [-0.3, -0.25) is 0 Å². The molecule has 0 heterocycles. The van der Waals surface area contributed by atoms with Crippen molar-refractivity contribution in [3.63, 3.8) is 0 Å². The molecule has 0 atom stereocenters. The van der Waals surface area contributed by atoms with Crippen LogP contribution in [0.4, 0.5) is 277 Å². The number of hydrogen-bond donors (Lipinski definition) is 1. The van der Waals surface area contributed by atoms with Gasteiger partial charge < -0.3 is 5.11 Å². The number of aromatic carboxylic acids is 1. The molecular formula is C43H14F63O2Si. The summed E-state index contributed by atoms with van der Waals surface area (Å²) in [6.45, 7) is 0. The molecule has 2 nitrogen and oxygen atoms in total. The summed E-state index contributed by atoms with van der Waals surface area (Å²) in [7, 11) is 1.40. The van der Waals surface area contributed by atoms with Crippen LogP contribution in [0.1, 0.15) is 46.3 Å². The maximum absolute atomic E-state index is 15.3. The summed E-state index contributed by atoms with van der Waals surface area (Å²) < 4.78 is 884. The third-order valence-corrected chi connectivity index (χ3v) is 15.3. The zero-order chi connectivity index (χ0) is 89.4. The van der Waals surface area contributed by atoms with Crippen LogP contribution in [-0.4, -0.2) is 200 Å². The summed E-state index contributed by atoms with van der Waals surface area (Å²) >= 11 is 0. The van der Waals surface area contributed by atoms with Gasteiger partial charge >= 0.3 is 184 Å². The Balaban J connectivity index is 4.75. The second kappa shape index (κ2) is 26.5. The molecule has 0 aromatic heterocycles. The lowest BCUT2D eigenvalue weighted by Crippen LogP contribution is -2.76. The van der Waals surface area contributed by atoms with E-state index in [4.69, 9.17) is 0 Å². The van der Waals surface area contributed by atoms with E-state index in [1.165, 1.54) is 10.2 Å². The molecular weight excluding hydrogens is 1770 g/mol. The number of carboxylic acid groups (broad SMARTS) is 1. The predicted octanol–water partition coefficient (Wildman–Crippen LogP) is 21.8. The topological polar surface area (TPSA) is 37.3 Å². The van der Waals surface area contributed by atoms with E-state index in [0.29, 0.717) is 0 Å². The van der Waals surface area contributed by atoms with E-state index >= 15 is 35.1 Å². The standard InChI is InChI=1S/C43H14F63O2Si/c44-14(45,17(50,51)20(56,57)23(62,63)26(68,69)29(74,75)32(80,81)35(86,87)38(92,93)41(98,99)100)4-1-8-7-11(13(107)108)9(2-5-15(46,47)18(52,53)21(58,59)24(64,65)27(70,71)30(76,77)33(82,83)36(88,89)39(94,95)42(101,102)103)10(12(8)109)3-6-16(48,49)19(54,55)22(60,61)25(66,67)28(72,73)31(78,79)34(84,85)37(90,91)40(96,97)43(104,105)106/h7H,1-6H2,(H,107,108). The number of carbonyl (C=O) groups is 1. The minimum atomic E-state index is -10.1. The molecule has 0 amide bonds. The van der Waals surface area contributed by atoms with E-state index in [9.17, 15) is 251 Å². The first-order valence-electron chi connectivity index (χ1n) is 24.8. The van der Waals surface area contributed by atoms with Crippen molar-refractivity contribution in [1.29, 1.82) is 0 Å². The number of hydrogen-bond acceptors (Lipinski definition) is 1. The second-order valence-corrected chi connectivity index (χ2v) is 22.1. The van der Waals surface area contributed by atoms with Gasteiger partial charge in [-0.15, -0.1) is 0 Å². The smallest absolute Gasteiger partial charge is 0.460 e. The molecule has 0 unspecified atom stereocenters. The Labute approximate surface area is 553 Å². The van der Waals surface area contributed by atoms with Crippen LogP contribution in [-0.2, 0) is 19.3 Å². The monoisotopic (exact) mass is 1790 g/mol. The van der Waals surface area contributed by atoms with Crippen LogP contribution in [0.5, 0.6) is 0 Å². The van der Waals surface area contributed by atoms with E-state index in [0.717, 1.165) is 0 Å². The average molecular weight is 1790 g/mol. The van der Waals surface area contributed by atoms with Crippen molar-refractivity contribution in [2.45, 2.75) is 217 Å². The lowest BCUT2D eigenvalue weighted by atomic mass is 9.83. The van der Waals surface area contributed by atoms with Crippen molar-refractivity contribution in [2.75, 3.05) is 0 Å². The quantitative estimate of drug-likeness (QED) is 0.0552.